The molecule has 0 aliphatic rings. The summed E-state index contributed by atoms with van der Waals surface area (Å²) in [7, 11) is 1.71. The summed E-state index contributed by atoms with van der Waals surface area (Å²) in [5, 5.41) is 3.42. The summed E-state index contributed by atoms with van der Waals surface area (Å²) in [4.78, 5) is 0. The topological polar surface area (TPSA) is 56.5 Å². The minimum atomic E-state index is 0.277. The Morgan fingerprint density at radius 3 is 2.72 bits per heavy atom. The van der Waals surface area contributed by atoms with Crippen LogP contribution in [0.5, 0.6) is 5.75 Å². The van der Waals surface area contributed by atoms with Gasteiger partial charge in [0.25, 0.3) is 0 Å². The molecular formula is C14H24N2O2. The van der Waals surface area contributed by atoms with Crippen molar-refractivity contribution in [2.75, 3.05) is 31.4 Å². The molecule has 1 rings (SSSR count). The molecule has 0 heterocycles. The second-order valence-corrected chi connectivity index (χ2v) is 4.24. The Bertz CT molecular complexity index is 350. The van der Waals surface area contributed by atoms with Crippen LogP contribution in [-0.4, -0.2) is 26.4 Å². The zero-order valence-corrected chi connectivity index (χ0v) is 11.5. The normalized spacial score (nSPS) is 12.2. The molecule has 0 spiro atoms. The lowest BCUT2D eigenvalue weighted by molar-refractivity contribution is 0.182. The summed E-state index contributed by atoms with van der Waals surface area (Å²) in [5.41, 5.74) is 7.66. The first kappa shape index (κ1) is 14.6. The van der Waals surface area contributed by atoms with Gasteiger partial charge in [0.15, 0.2) is 0 Å². The quantitative estimate of drug-likeness (QED) is 0.698. The minimum absolute atomic E-state index is 0.277. The van der Waals surface area contributed by atoms with Gasteiger partial charge in [-0.05, 0) is 25.5 Å². The van der Waals surface area contributed by atoms with Gasteiger partial charge in [-0.25, -0.2) is 0 Å². The van der Waals surface area contributed by atoms with Gasteiger partial charge in [0.05, 0.1) is 24.6 Å². The van der Waals surface area contributed by atoms with E-state index in [0.29, 0.717) is 18.9 Å². The van der Waals surface area contributed by atoms with Crippen LogP contribution in [0.2, 0.25) is 0 Å². The number of hydrogen-bond acceptors (Lipinski definition) is 4. The van der Waals surface area contributed by atoms with E-state index in [9.17, 15) is 0 Å². The van der Waals surface area contributed by atoms with Crippen molar-refractivity contribution in [3.05, 3.63) is 18.2 Å². The average Bonchev–Trinajstić information content (AvgIpc) is 2.35. The third-order valence-electron chi connectivity index (χ3n) is 2.73. The summed E-state index contributed by atoms with van der Waals surface area (Å²) >= 11 is 0. The smallest absolute Gasteiger partial charge is 0.144 e. The Morgan fingerprint density at radius 1 is 1.33 bits per heavy atom. The van der Waals surface area contributed by atoms with Crippen LogP contribution in [0.1, 0.15) is 26.7 Å². The molecule has 0 saturated carbocycles. The molecule has 0 bridgehead atoms. The molecule has 1 aromatic carbocycles. The van der Waals surface area contributed by atoms with E-state index in [1.165, 1.54) is 0 Å². The van der Waals surface area contributed by atoms with Gasteiger partial charge in [-0.3, -0.25) is 0 Å². The van der Waals surface area contributed by atoms with Crippen LogP contribution >= 0.6 is 0 Å². The zero-order chi connectivity index (χ0) is 13.4. The highest BCUT2D eigenvalue weighted by Gasteiger charge is 2.11. The van der Waals surface area contributed by atoms with E-state index in [1.807, 2.05) is 25.1 Å². The fourth-order valence-electron chi connectivity index (χ4n) is 1.92. The van der Waals surface area contributed by atoms with Crippen molar-refractivity contribution in [1.29, 1.82) is 0 Å². The Balaban J connectivity index is 2.78. The lowest BCUT2D eigenvalue weighted by Gasteiger charge is -2.20. The summed E-state index contributed by atoms with van der Waals surface area (Å²) in [6, 6.07) is 6.07. The number of rotatable bonds is 8. The van der Waals surface area contributed by atoms with E-state index < -0.39 is 0 Å². The number of methoxy groups -OCH3 is 1. The molecule has 0 fully saturated rings. The lowest BCUT2D eigenvalue weighted by Crippen LogP contribution is -2.25. The predicted octanol–water partition coefficient (Wildman–Crippen LogP) is 2.89. The van der Waals surface area contributed by atoms with Gasteiger partial charge >= 0.3 is 0 Å². The fourth-order valence-corrected chi connectivity index (χ4v) is 1.92. The van der Waals surface area contributed by atoms with Crippen molar-refractivity contribution >= 4 is 11.4 Å². The summed E-state index contributed by atoms with van der Waals surface area (Å²) in [6.07, 6.45) is 2.15. The van der Waals surface area contributed by atoms with Gasteiger partial charge in [0.2, 0.25) is 0 Å². The number of benzene rings is 1. The molecule has 0 aliphatic carbocycles. The van der Waals surface area contributed by atoms with E-state index in [4.69, 9.17) is 15.2 Å². The van der Waals surface area contributed by atoms with Crippen molar-refractivity contribution in [1.82, 2.24) is 0 Å². The first-order chi connectivity index (χ1) is 8.72. The molecule has 0 saturated heterocycles. The van der Waals surface area contributed by atoms with E-state index in [0.717, 1.165) is 24.3 Å². The second-order valence-electron chi connectivity index (χ2n) is 4.24. The largest absolute Gasteiger partial charge is 0.492 e. The molecule has 1 atom stereocenters. The molecule has 3 N–H and O–H groups in total. The maximum atomic E-state index is 6.08. The molecule has 18 heavy (non-hydrogen) atoms. The number of anilines is 2. The monoisotopic (exact) mass is 252 g/mol. The zero-order valence-electron chi connectivity index (χ0n) is 11.5. The van der Waals surface area contributed by atoms with Gasteiger partial charge in [0.1, 0.15) is 5.75 Å². The van der Waals surface area contributed by atoms with Crippen LogP contribution in [0.4, 0.5) is 11.4 Å². The molecule has 1 unspecified atom stereocenters. The molecule has 0 amide bonds. The lowest BCUT2D eigenvalue weighted by atomic mass is 10.1. The van der Waals surface area contributed by atoms with E-state index in [1.54, 1.807) is 7.11 Å². The molecule has 102 valence electrons. The molecule has 0 radical (unpaired) electrons. The average molecular weight is 252 g/mol. The number of nitrogen functional groups attached to an aromatic ring is 1. The fraction of sp³-hybridized carbons (Fsp3) is 0.571. The van der Waals surface area contributed by atoms with Crippen molar-refractivity contribution in [3.63, 3.8) is 0 Å². The van der Waals surface area contributed by atoms with Crippen LogP contribution in [0.15, 0.2) is 18.2 Å². The van der Waals surface area contributed by atoms with Crippen LogP contribution in [0, 0.1) is 0 Å². The van der Waals surface area contributed by atoms with Crippen molar-refractivity contribution in [2.24, 2.45) is 0 Å². The van der Waals surface area contributed by atoms with Gasteiger partial charge in [-0.2, -0.15) is 0 Å². The van der Waals surface area contributed by atoms with Crippen LogP contribution < -0.4 is 15.8 Å². The standard InChI is InChI=1S/C14H24N2O2/c1-4-7-11(10-17-3)16-12-8-6-9-13(14(12)15)18-5-2/h6,8-9,11,16H,4-5,7,10,15H2,1-3H3. The van der Waals surface area contributed by atoms with Crippen molar-refractivity contribution in [3.8, 4) is 5.75 Å². The summed E-state index contributed by atoms with van der Waals surface area (Å²) in [5.74, 6) is 0.732. The van der Waals surface area contributed by atoms with Crippen LogP contribution in [-0.2, 0) is 4.74 Å². The molecular weight excluding hydrogens is 228 g/mol. The first-order valence-corrected chi connectivity index (χ1v) is 6.49. The Labute approximate surface area is 109 Å². The summed E-state index contributed by atoms with van der Waals surface area (Å²) < 4.78 is 10.7. The molecule has 1 aromatic rings. The molecule has 0 aromatic heterocycles. The van der Waals surface area contributed by atoms with Crippen molar-refractivity contribution < 1.29 is 9.47 Å². The number of hydrogen-bond donors (Lipinski definition) is 2. The maximum absolute atomic E-state index is 6.08. The molecule has 4 heteroatoms. The van der Waals surface area contributed by atoms with Crippen LogP contribution in [0.25, 0.3) is 0 Å². The van der Waals surface area contributed by atoms with Crippen LogP contribution in [0.3, 0.4) is 0 Å². The summed E-state index contributed by atoms with van der Waals surface area (Å²) in [6.45, 7) is 5.39. The molecule has 0 aliphatic heterocycles. The van der Waals surface area contributed by atoms with Gasteiger partial charge in [-0.1, -0.05) is 19.4 Å². The number of nitrogens with one attached hydrogen (secondary N) is 1. The third kappa shape index (κ3) is 4.11. The second kappa shape index (κ2) is 7.82. The Hall–Kier alpha value is -1.42. The maximum Gasteiger partial charge on any atom is 0.144 e. The van der Waals surface area contributed by atoms with Crippen molar-refractivity contribution in [2.45, 2.75) is 32.7 Å². The van der Waals surface area contributed by atoms with Gasteiger partial charge in [-0.15, -0.1) is 0 Å². The third-order valence-corrected chi connectivity index (χ3v) is 2.73. The highest BCUT2D eigenvalue weighted by Crippen LogP contribution is 2.30. The van der Waals surface area contributed by atoms with E-state index in [2.05, 4.69) is 12.2 Å². The number of nitrogens with two attached hydrogens (primary N) is 1. The number of ether oxygens (including phenoxy) is 2. The SMILES string of the molecule is CCCC(COC)Nc1cccc(OCC)c1N. The highest BCUT2D eigenvalue weighted by molar-refractivity contribution is 5.73. The Kier molecular flexibility index (Phi) is 6.36. The Morgan fingerprint density at radius 2 is 2.11 bits per heavy atom. The number of para-hydroxylation sites is 1. The minimum Gasteiger partial charge on any atom is -0.492 e. The van der Waals surface area contributed by atoms with Gasteiger partial charge in [0, 0.05) is 13.2 Å². The van der Waals surface area contributed by atoms with E-state index >= 15 is 0 Å². The molecule has 4 nitrogen and oxygen atoms in total. The van der Waals surface area contributed by atoms with Gasteiger partial charge < -0.3 is 20.5 Å². The van der Waals surface area contributed by atoms with E-state index in [-0.39, 0.29) is 6.04 Å². The predicted molar refractivity (Wildman–Crippen MR) is 76.2 cm³/mol. The first-order valence-electron chi connectivity index (χ1n) is 6.49. The highest BCUT2D eigenvalue weighted by atomic mass is 16.5.